The van der Waals surface area contributed by atoms with Crippen LogP contribution >= 0.6 is 22.6 Å². The van der Waals surface area contributed by atoms with E-state index in [1.54, 1.807) is 0 Å². The molecule has 0 amide bonds. The molecule has 2 atom stereocenters. The van der Waals surface area contributed by atoms with Crippen LogP contribution in [0, 0.1) is 9.49 Å². The molecule has 200 valence electrons. The van der Waals surface area contributed by atoms with Crippen LogP contribution in [0.5, 0.6) is 0 Å². The van der Waals surface area contributed by atoms with Gasteiger partial charge in [0, 0.05) is 9.49 Å². The minimum atomic E-state index is 0.0631. The highest BCUT2D eigenvalue weighted by atomic mass is 127. The molecule has 0 bridgehead atoms. The molecule has 41 heavy (non-hydrogen) atoms. The largest absolute Gasteiger partial charge is 0.0984 e. The summed E-state index contributed by atoms with van der Waals surface area (Å²) in [7, 11) is 0. The Morgan fingerprint density at radius 1 is 0.756 bits per heavy atom. The minimum Gasteiger partial charge on any atom is -0.0984 e. The zero-order chi connectivity index (χ0) is 28.3. The van der Waals surface area contributed by atoms with Crippen molar-refractivity contribution < 1.29 is 0 Å². The first-order valence-electron chi connectivity index (χ1n) is 14.5. The average Bonchev–Trinajstić information content (AvgIpc) is 3.23. The van der Waals surface area contributed by atoms with Crippen molar-refractivity contribution in [1.82, 2.24) is 0 Å². The summed E-state index contributed by atoms with van der Waals surface area (Å²) in [6.45, 7) is 11.3. The fourth-order valence-corrected chi connectivity index (χ4v) is 8.10. The normalized spacial score (nSPS) is 18.7. The Labute approximate surface area is 257 Å². The second-order valence-corrected chi connectivity index (χ2v) is 13.0. The molecule has 0 fully saturated rings. The van der Waals surface area contributed by atoms with Crippen LogP contribution in [0.2, 0.25) is 0 Å². The predicted octanol–water partition coefficient (Wildman–Crippen LogP) is 11.7. The first-order valence-corrected chi connectivity index (χ1v) is 15.5. The van der Waals surface area contributed by atoms with Crippen LogP contribution in [0.3, 0.4) is 0 Å². The van der Waals surface area contributed by atoms with Gasteiger partial charge in [-0.15, -0.1) is 0 Å². The molecule has 0 saturated heterocycles. The molecule has 2 aliphatic carbocycles. The summed E-state index contributed by atoms with van der Waals surface area (Å²) in [4.78, 5) is 0. The molecule has 0 N–H and O–H groups in total. The lowest BCUT2D eigenvalue weighted by molar-refractivity contribution is 0.394. The quantitative estimate of drug-likeness (QED) is 0.172. The van der Waals surface area contributed by atoms with E-state index < -0.39 is 0 Å². The van der Waals surface area contributed by atoms with Crippen LogP contribution in [0.4, 0.5) is 0 Å². The number of halogens is 1. The lowest BCUT2D eigenvalue weighted by Gasteiger charge is -2.29. The number of hydrogen-bond donors (Lipinski definition) is 0. The number of fused-ring (bicyclic) bond motifs is 5. The van der Waals surface area contributed by atoms with Crippen LogP contribution in [0.1, 0.15) is 48.9 Å². The Hall–Kier alpha value is -3.69. The highest BCUT2D eigenvalue weighted by Gasteiger charge is 2.44. The Morgan fingerprint density at radius 3 is 2.17 bits per heavy atom. The third-order valence-electron chi connectivity index (χ3n) is 9.34. The van der Waals surface area contributed by atoms with E-state index in [0.717, 1.165) is 0 Å². The maximum Gasteiger partial charge on any atom is 0.0209 e. The molecule has 0 aliphatic heterocycles. The van der Waals surface area contributed by atoms with Crippen molar-refractivity contribution in [2.45, 2.75) is 32.1 Å². The lowest BCUT2D eigenvalue weighted by Crippen LogP contribution is -2.24. The van der Waals surface area contributed by atoms with E-state index in [1.807, 2.05) is 0 Å². The van der Waals surface area contributed by atoms with E-state index in [1.165, 1.54) is 69.6 Å². The van der Waals surface area contributed by atoms with Crippen molar-refractivity contribution in [2.75, 3.05) is 0 Å². The number of rotatable bonds is 4. The van der Waals surface area contributed by atoms with E-state index in [2.05, 4.69) is 171 Å². The number of hydrogen-bond acceptors (Lipinski definition) is 0. The highest BCUT2D eigenvalue weighted by molar-refractivity contribution is 14.1. The number of allylic oxidation sites excluding steroid dienone is 5. The third kappa shape index (κ3) is 3.93. The Morgan fingerprint density at radius 2 is 1.44 bits per heavy atom. The molecule has 0 saturated carbocycles. The van der Waals surface area contributed by atoms with Crippen molar-refractivity contribution in [2.24, 2.45) is 5.92 Å². The van der Waals surface area contributed by atoms with Crippen molar-refractivity contribution in [3.63, 3.8) is 0 Å². The van der Waals surface area contributed by atoms with Crippen molar-refractivity contribution in [1.29, 1.82) is 0 Å². The SMILES string of the molecule is C=Cc1c(/C=C\C)c(-c2ccc(I)c3ccccc23)c2ccccc2c1-c1ccc2c(c1)C(C)(C)C1C=CC=CC21. The zero-order valence-corrected chi connectivity index (χ0v) is 25.9. The van der Waals surface area contributed by atoms with Crippen LogP contribution < -0.4 is 0 Å². The third-order valence-corrected chi connectivity index (χ3v) is 10.3. The zero-order valence-electron chi connectivity index (χ0n) is 23.8. The van der Waals surface area contributed by atoms with E-state index in [4.69, 9.17) is 0 Å². The molecule has 7 rings (SSSR count). The molecule has 0 nitrogen and oxygen atoms in total. The maximum absolute atomic E-state index is 4.38. The van der Waals surface area contributed by atoms with Crippen molar-refractivity contribution >= 4 is 56.3 Å². The summed E-state index contributed by atoms with van der Waals surface area (Å²) < 4.78 is 1.27. The van der Waals surface area contributed by atoms with Crippen LogP contribution in [-0.2, 0) is 5.41 Å². The van der Waals surface area contributed by atoms with E-state index in [9.17, 15) is 0 Å². The fraction of sp³-hybridized carbons (Fsp3) is 0.150. The van der Waals surface area contributed by atoms with Gasteiger partial charge in [-0.2, -0.15) is 0 Å². The van der Waals surface area contributed by atoms with Gasteiger partial charge in [0.05, 0.1) is 0 Å². The second-order valence-electron chi connectivity index (χ2n) is 11.8. The summed E-state index contributed by atoms with van der Waals surface area (Å²) in [5.41, 5.74) is 10.5. The van der Waals surface area contributed by atoms with Gasteiger partial charge in [0.2, 0.25) is 0 Å². The summed E-state index contributed by atoms with van der Waals surface area (Å²) >= 11 is 2.46. The maximum atomic E-state index is 4.38. The van der Waals surface area contributed by atoms with Gasteiger partial charge >= 0.3 is 0 Å². The van der Waals surface area contributed by atoms with E-state index in [-0.39, 0.29) is 5.41 Å². The molecular weight excluding hydrogens is 607 g/mol. The Bertz CT molecular complexity index is 1960. The van der Waals surface area contributed by atoms with Gasteiger partial charge in [0.1, 0.15) is 0 Å². The van der Waals surface area contributed by atoms with E-state index >= 15 is 0 Å². The topological polar surface area (TPSA) is 0 Å². The predicted molar refractivity (Wildman–Crippen MR) is 187 cm³/mol. The van der Waals surface area contributed by atoms with Gasteiger partial charge < -0.3 is 0 Å². The van der Waals surface area contributed by atoms with Crippen LogP contribution in [0.25, 0.3) is 56.0 Å². The van der Waals surface area contributed by atoms with Gasteiger partial charge in [-0.1, -0.05) is 136 Å². The molecule has 5 aromatic carbocycles. The van der Waals surface area contributed by atoms with Crippen molar-refractivity contribution in [3.05, 3.63) is 142 Å². The fourth-order valence-electron chi connectivity index (χ4n) is 7.45. The molecule has 0 spiro atoms. The molecule has 0 radical (unpaired) electrons. The van der Waals surface area contributed by atoms with Gasteiger partial charge in [-0.05, 0) is 113 Å². The molecule has 2 unspecified atom stereocenters. The lowest BCUT2D eigenvalue weighted by atomic mass is 9.74. The summed E-state index contributed by atoms with van der Waals surface area (Å²) in [5, 5.41) is 5.10. The summed E-state index contributed by atoms with van der Waals surface area (Å²) in [5.74, 6) is 0.938. The Balaban J connectivity index is 1.57. The van der Waals surface area contributed by atoms with Gasteiger partial charge in [-0.25, -0.2) is 0 Å². The summed E-state index contributed by atoms with van der Waals surface area (Å²) in [6, 6.07) is 29.5. The molecule has 2 aliphatic rings. The average molecular weight is 641 g/mol. The first-order chi connectivity index (χ1) is 20.0. The van der Waals surface area contributed by atoms with Crippen LogP contribution in [-0.4, -0.2) is 0 Å². The van der Waals surface area contributed by atoms with Gasteiger partial charge in [-0.3, -0.25) is 0 Å². The highest BCUT2D eigenvalue weighted by Crippen LogP contribution is 2.54. The second kappa shape index (κ2) is 9.99. The van der Waals surface area contributed by atoms with Gasteiger partial charge in [0.25, 0.3) is 0 Å². The molecule has 5 aromatic rings. The smallest absolute Gasteiger partial charge is 0.0209 e. The molecule has 0 aromatic heterocycles. The van der Waals surface area contributed by atoms with Crippen LogP contribution in [0.15, 0.2) is 116 Å². The molecule has 0 heterocycles. The standard InChI is InChI=1S/C40H33I/c1-5-13-31-26(6-2)38(25-20-21-29-28-15-11-12-19-35(28)40(3,4)36(29)24-25)32-17-9-10-18-33(32)39(31)34-22-23-37(41)30-16-8-7-14-27(30)34/h5-24,28,35H,2H2,1,3-4H3/b13-5-. The van der Waals surface area contributed by atoms with Gasteiger partial charge in [0.15, 0.2) is 0 Å². The number of benzene rings is 5. The summed E-state index contributed by atoms with van der Waals surface area (Å²) in [6.07, 6.45) is 15.7. The Kier molecular flexibility index (Phi) is 6.39. The molecular formula is C40H33I. The van der Waals surface area contributed by atoms with E-state index in [0.29, 0.717) is 11.8 Å². The molecule has 1 heteroatoms. The minimum absolute atomic E-state index is 0.0631. The first kappa shape index (κ1) is 26.2. The van der Waals surface area contributed by atoms with Crippen molar-refractivity contribution in [3.8, 4) is 22.3 Å². The monoisotopic (exact) mass is 640 g/mol.